The molecule has 0 atom stereocenters. The Balaban J connectivity index is 1.87. The van der Waals surface area contributed by atoms with Crippen molar-refractivity contribution in [1.29, 1.82) is 0 Å². The molecule has 0 bridgehead atoms. The van der Waals surface area contributed by atoms with Gasteiger partial charge in [0.05, 0.1) is 20.8 Å². The van der Waals surface area contributed by atoms with Crippen molar-refractivity contribution >= 4 is 0 Å². The van der Waals surface area contributed by atoms with Crippen LogP contribution in [0, 0.1) is 0 Å². The van der Waals surface area contributed by atoms with E-state index >= 15 is 0 Å². The molecule has 0 saturated carbocycles. The molecule has 0 radical (unpaired) electrons. The Morgan fingerprint density at radius 1 is 0.750 bits per heavy atom. The summed E-state index contributed by atoms with van der Waals surface area (Å²) in [5.41, 5.74) is 2.35. The summed E-state index contributed by atoms with van der Waals surface area (Å²) < 4.78 is 21.2. The average Bonchev–Trinajstić information content (AvgIpc) is 2.63. The van der Waals surface area contributed by atoms with Gasteiger partial charge in [0.15, 0.2) is 11.5 Å². The van der Waals surface area contributed by atoms with Crippen molar-refractivity contribution in [2.24, 2.45) is 0 Å². The van der Waals surface area contributed by atoms with E-state index in [0.717, 1.165) is 35.9 Å². The van der Waals surface area contributed by atoms with E-state index in [1.807, 2.05) is 30.3 Å². The standard InChI is InChI=1S/C19H25NO4/c1-21-10-11-24-18-9-6-16(12-19(18)23-3)14-20-13-15-4-7-17(22-2)8-5-15/h4-9,12,20H,10-11,13-14H2,1-3H3. The highest BCUT2D eigenvalue weighted by Crippen LogP contribution is 2.28. The Morgan fingerprint density at radius 3 is 2.12 bits per heavy atom. The molecule has 2 aromatic rings. The third-order valence-corrected chi connectivity index (χ3v) is 3.59. The molecule has 2 rings (SSSR count). The molecule has 130 valence electrons. The van der Waals surface area contributed by atoms with Crippen LogP contribution in [0.25, 0.3) is 0 Å². The quantitative estimate of drug-likeness (QED) is 0.678. The molecule has 24 heavy (non-hydrogen) atoms. The third-order valence-electron chi connectivity index (χ3n) is 3.59. The summed E-state index contributed by atoms with van der Waals surface area (Å²) in [4.78, 5) is 0. The predicted octanol–water partition coefficient (Wildman–Crippen LogP) is 3.02. The number of hydrogen-bond donors (Lipinski definition) is 1. The second-order valence-electron chi connectivity index (χ2n) is 5.28. The molecular formula is C19H25NO4. The topological polar surface area (TPSA) is 49.0 Å². The van der Waals surface area contributed by atoms with Gasteiger partial charge in [-0.05, 0) is 35.4 Å². The Bertz CT molecular complexity index is 613. The first kappa shape index (κ1) is 18.1. The highest BCUT2D eigenvalue weighted by atomic mass is 16.5. The van der Waals surface area contributed by atoms with Crippen LogP contribution in [0.5, 0.6) is 17.2 Å². The van der Waals surface area contributed by atoms with Gasteiger partial charge in [-0.1, -0.05) is 18.2 Å². The normalized spacial score (nSPS) is 10.5. The van der Waals surface area contributed by atoms with Gasteiger partial charge in [-0.2, -0.15) is 0 Å². The first-order valence-electron chi connectivity index (χ1n) is 7.89. The summed E-state index contributed by atoms with van der Waals surface area (Å²) in [7, 11) is 4.97. The monoisotopic (exact) mass is 331 g/mol. The fourth-order valence-electron chi connectivity index (χ4n) is 2.27. The van der Waals surface area contributed by atoms with Crippen LogP contribution in [0.3, 0.4) is 0 Å². The maximum absolute atomic E-state index is 5.64. The number of ether oxygens (including phenoxy) is 4. The number of nitrogens with one attached hydrogen (secondary N) is 1. The van der Waals surface area contributed by atoms with E-state index in [0.29, 0.717) is 13.2 Å². The minimum absolute atomic E-state index is 0.502. The van der Waals surface area contributed by atoms with Gasteiger partial charge < -0.3 is 24.3 Å². The second kappa shape index (κ2) is 9.80. The van der Waals surface area contributed by atoms with Crippen LogP contribution >= 0.6 is 0 Å². The lowest BCUT2D eigenvalue weighted by molar-refractivity contribution is 0.144. The van der Waals surface area contributed by atoms with E-state index in [1.54, 1.807) is 21.3 Å². The molecule has 0 aromatic heterocycles. The molecule has 0 aliphatic rings. The average molecular weight is 331 g/mol. The number of benzene rings is 2. The molecule has 2 aromatic carbocycles. The molecule has 5 heteroatoms. The summed E-state index contributed by atoms with van der Waals surface area (Å²) >= 11 is 0. The van der Waals surface area contributed by atoms with Crippen LogP contribution in [0.4, 0.5) is 0 Å². The van der Waals surface area contributed by atoms with Crippen LogP contribution in [0.15, 0.2) is 42.5 Å². The first-order valence-corrected chi connectivity index (χ1v) is 7.89. The van der Waals surface area contributed by atoms with Crippen LogP contribution in [-0.2, 0) is 17.8 Å². The van der Waals surface area contributed by atoms with E-state index < -0.39 is 0 Å². The fraction of sp³-hybridized carbons (Fsp3) is 0.368. The lowest BCUT2D eigenvalue weighted by Crippen LogP contribution is -2.13. The minimum Gasteiger partial charge on any atom is -0.497 e. The van der Waals surface area contributed by atoms with Crippen LogP contribution in [0.1, 0.15) is 11.1 Å². The molecule has 0 unspecified atom stereocenters. The summed E-state index contributed by atoms with van der Waals surface area (Å²) in [5.74, 6) is 2.33. The Kier molecular flexibility index (Phi) is 7.39. The Labute approximate surface area is 143 Å². The molecule has 1 N–H and O–H groups in total. The predicted molar refractivity (Wildman–Crippen MR) is 93.9 cm³/mol. The molecule has 0 fully saturated rings. The number of hydrogen-bond acceptors (Lipinski definition) is 5. The Morgan fingerprint density at radius 2 is 1.46 bits per heavy atom. The molecular weight excluding hydrogens is 306 g/mol. The summed E-state index contributed by atoms with van der Waals surface area (Å²) in [6, 6.07) is 14.0. The lowest BCUT2D eigenvalue weighted by Gasteiger charge is -2.12. The molecule has 0 heterocycles. The number of methoxy groups -OCH3 is 3. The van der Waals surface area contributed by atoms with Gasteiger partial charge in [-0.3, -0.25) is 0 Å². The van der Waals surface area contributed by atoms with Gasteiger partial charge >= 0.3 is 0 Å². The van der Waals surface area contributed by atoms with Crippen molar-refractivity contribution < 1.29 is 18.9 Å². The van der Waals surface area contributed by atoms with Crippen molar-refractivity contribution in [2.45, 2.75) is 13.1 Å². The minimum atomic E-state index is 0.502. The summed E-state index contributed by atoms with van der Waals surface area (Å²) in [6.07, 6.45) is 0. The molecule has 0 aliphatic carbocycles. The maximum atomic E-state index is 5.64. The van der Waals surface area contributed by atoms with E-state index in [-0.39, 0.29) is 0 Å². The van der Waals surface area contributed by atoms with Gasteiger partial charge in [0.1, 0.15) is 12.4 Å². The van der Waals surface area contributed by atoms with E-state index in [2.05, 4.69) is 17.4 Å². The van der Waals surface area contributed by atoms with Crippen molar-refractivity contribution in [3.8, 4) is 17.2 Å². The fourth-order valence-corrected chi connectivity index (χ4v) is 2.27. The van der Waals surface area contributed by atoms with E-state index in [1.165, 1.54) is 5.56 Å². The van der Waals surface area contributed by atoms with Crippen molar-refractivity contribution in [1.82, 2.24) is 5.32 Å². The van der Waals surface area contributed by atoms with Gasteiger partial charge in [0.25, 0.3) is 0 Å². The number of rotatable bonds is 10. The SMILES string of the molecule is COCCOc1ccc(CNCc2ccc(OC)cc2)cc1OC. The summed E-state index contributed by atoms with van der Waals surface area (Å²) in [5, 5.41) is 3.42. The van der Waals surface area contributed by atoms with Crippen LogP contribution < -0.4 is 19.5 Å². The first-order chi connectivity index (χ1) is 11.8. The molecule has 0 spiro atoms. The molecule has 5 nitrogen and oxygen atoms in total. The van der Waals surface area contributed by atoms with Crippen LogP contribution in [-0.4, -0.2) is 34.5 Å². The van der Waals surface area contributed by atoms with Gasteiger partial charge in [0.2, 0.25) is 0 Å². The zero-order chi connectivity index (χ0) is 17.2. The molecule has 0 aliphatic heterocycles. The zero-order valence-electron chi connectivity index (χ0n) is 14.5. The molecule has 0 saturated heterocycles. The summed E-state index contributed by atoms with van der Waals surface area (Å²) in [6.45, 7) is 2.59. The van der Waals surface area contributed by atoms with Crippen molar-refractivity contribution in [3.63, 3.8) is 0 Å². The highest BCUT2D eigenvalue weighted by Gasteiger charge is 2.06. The van der Waals surface area contributed by atoms with Crippen LogP contribution in [0.2, 0.25) is 0 Å². The zero-order valence-corrected chi connectivity index (χ0v) is 14.5. The third kappa shape index (κ3) is 5.44. The lowest BCUT2D eigenvalue weighted by atomic mass is 10.2. The van der Waals surface area contributed by atoms with Gasteiger partial charge in [-0.15, -0.1) is 0 Å². The van der Waals surface area contributed by atoms with E-state index in [4.69, 9.17) is 18.9 Å². The highest BCUT2D eigenvalue weighted by molar-refractivity contribution is 5.43. The van der Waals surface area contributed by atoms with Crippen molar-refractivity contribution in [3.05, 3.63) is 53.6 Å². The maximum Gasteiger partial charge on any atom is 0.161 e. The van der Waals surface area contributed by atoms with E-state index in [9.17, 15) is 0 Å². The smallest absolute Gasteiger partial charge is 0.161 e. The largest absolute Gasteiger partial charge is 0.497 e. The molecule has 0 amide bonds. The van der Waals surface area contributed by atoms with Gasteiger partial charge in [0, 0.05) is 20.2 Å². The van der Waals surface area contributed by atoms with Gasteiger partial charge in [-0.25, -0.2) is 0 Å². The van der Waals surface area contributed by atoms with Crippen molar-refractivity contribution in [2.75, 3.05) is 34.5 Å². The Hall–Kier alpha value is -2.24. The second-order valence-corrected chi connectivity index (χ2v) is 5.28.